The molecule has 0 unspecified atom stereocenters. The summed E-state index contributed by atoms with van der Waals surface area (Å²) in [5, 5.41) is 2.35. The van der Waals surface area contributed by atoms with Crippen LogP contribution in [0.15, 0.2) is 122 Å². The molecule has 0 fully saturated rings. The summed E-state index contributed by atoms with van der Waals surface area (Å²) in [6, 6.07) is 42.0. The SMILES string of the molecule is Fc1ccccc1-c1ccc2c(c1)sc1[c-]c(-c3ccccn3)ccc12.[CH3][Ge]([CH3])([CH3])[c]1ccc(-c2[c-]cccc2)nc1.[Ir]. The van der Waals surface area contributed by atoms with Crippen molar-refractivity contribution in [3.05, 3.63) is 140 Å². The van der Waals surface area contributed by atoms with Crippen molar-refractivity contribution in [2.24, 2.45) is 0 Å². The molecule has 0 saturated heterocycles. The fraction of sp³-hybridized carbons (Fsp3) is 0.0811. The second-order valence-electron chi connectivity index (χ2n) is 11.1. The molecule has 1 radical (unpaired) electrons. The third-order valence-corrected chi connectivity index (χ3v) is 12.5. The van der Waals surface area contributed by atoms with E-state index in [4.69, 9.17) is 0 Å². The van der Waals surface area contributed by atoms with Crippen LogP contribution in [0.2, 0.25) is 17.3 Å². The van der Waals surface area contributed by atoms with Crippen molar-refractivity contribution >= 4 is 49.2 Å². The fourth-order valence-electron chi connectivity index (χ4n) is 4.79. The van der Waals surface area contributed by atoms with Crippen molar-refractivity contribution < 1.29 is 24.5 Å². The van der Waals surface area contributed by atoms with Gasteiger partial charge in [-0.15, -0.1) is 23.8 Å². The molecule has 0 aliphatic carbocycles. The van der Waals surface area contributed by atoms with Gasteiger partial charge < -0.3 is 4.98 Å². The zero-order valence-corrected chi connectivity index (χ0v) is 29.4. The fourth-order valence-corrected chi connectivity index (χ4v) is 8.10. The van der Waals surface area contributed by atoms with Gasteiger partial charge in [-0.25, -0.2) is 4.39 Å². The average Bonchev–Trinajstić information content (AvgIpc) is 3.39. The van der Waals surface area contributed by atoms with Crippen LogP contribution in [0.1, 0.15) is 0 Å². The van der Waals surface area contributed by atoms with E-state index >= 15 is 0 Å². The van der Waals surface area contributed by atoms with Crippen LogP contribution in [-0.2, 0) is 20.1 Å². The predicted molar refractivity (Wildman–Crippen MR) is 178 cm³/mol. The molecule has 2 nitrogen and oxygen atoms in total. The van der Waals surface area contributed by atoms with E-state index in [1.165, 1.54) is 21.2 Å². The summed E-state index contributed by atoms with van der Waals surface area (Å²) in [6.45, 7) is 0. The zero-order valence-electron chi connectivity index (χ0n) is 24.1. The molecule has 215 valence electrons. The minimum atomic E-state index is -1.72. The molecule has 0 bridgehead atoms. The number of thiophene rings is 1. The van der Waals surface area contributed by atoms with E-state index in [1.54, 1.807) is 23.6 Å². The maximum Gasteiger partial charge on any atom is 0 e. The first kappa shape index (κ1) is 31.0. The molecular weight excluding hydrogens is 788 g/mol. The quantitative estimate of drug-likeness (QED) is 0.131. The number of fused-ring (bicyclic) bond motifs is 3. The second-order valence-corrected chi connectivity index (χ2v) is 22.8. The normalized spacial score (nSPS) is 11.1. The van der Waals surface area contributed by atoms with Gasteiger partial charge in [0.25, 0.3) is 0 Å². The molecule has 0 amide bonds. The smallest absolute Gasteiger partial charge is 0 e. The van der Waals surface area contributed by atoms with E-state index in [1.807, 2.05) is 66.9 Å². The minimum Gasteiger partial charge on any atom is 0 e. The minimum absolute atomic E-state index is 0. The summed E-state index contributed by atoms with van der Waals surface area (Å²) in [4.78, 5) is 8.94. The summed E-state index contributed by atoms with van der Waals surface area (Å²) < 4.78 is 17.8. The summed E-state index contributed by atoms with van der Waals surface area (Å²) in [5.41, 5.74) is 5.50. The average molecular weight is 818 g/mol. The van der Waals surface area contributed by atoms with Crippen LogP contribution in [0.25, 0.3) is 53.8 Å². The Balaban J connectivity index is 0.000000188. The maximum absolute atomic E-state index is 14.1. The van der Waals surface area contributed by atoms with Gasteiger partial charge in [0.2, 0.25) is 0 Å². The molecule has 0 N–H and O–H groups in total. The van der Waals surface area contributed by atoms with Gasteiger partial charge in [0.1, 0.15) is 5.82 Å². The van der Waals surface area contributed by atoms with Crippen LogP contribution in [0.3, 0.4) is 0 Å². The van der Waals surface area contributed by atoms with Gasteiger partial charge in [-0.05, 0) is 39.5 Å². The number of hydrogen-bond donors (Lipinski definition) is 0. The Morgan fingerprint density at radius 1 is 0.721 bits per heavy atom. The molecule has 7 rings (SSSR count). The van der Waals surface area contributed by atoms with Crippen LogP contribution < -0.4 is 4.40 Å². The van der Waals surface area contributed by atoms with Gasteiger partial charge >= 0.3 is 99.8 Å². The molecule has 43 heavy (non-hydrogen) atoms. The molecule has 0 aliphatic heterocycles. The van der Waals surface area contributed by atoms with Crippen molar-refractivity contribution in [1.82, 2.24) is 9.97 Å². The number of aromatic nitrogens is 2. The van der Waals surface area contributed by atoms with E-state index in [0.29, 0.717) is 5.56 Å². The van der Waals surface area contributed by atoms with Crippen LogP contribution in [-0.4, -0.2) is 23.2 Å². The van der Waals surface area contributed by atoms with Crippen molar-refractivity contribution in [2.75, 3.05) is 0 Å². The first-order valence-corrected chi connectivity index (χ1v) is 22.0. The van der Waals surface area contributed by atoms with Crippen LogP contribution in [0.5, 0.6) is 0 Å². The maximum atomic E-state index is 14.1. The molecule has 0 spiro atoms. The molecule has 0 saturated carbocycles. The van der Waals surface area contributed by atoms with Crippen LogP contribution in [0, 0.1) is 17.9 Å². The molecule has 0 aliphatic rings. The summed E-state index contributed by atoms with van der Waals surface area (Å²) >= 11 is -0.0365. The number of rotatable bonds is 4. The molecule has 3 heterocycles. The Morgan fingerprint density at radius 3 is 2.19 bits per heavy atom. The Kier molecular flexibility index (Phi) is 9.68. The van der Waals surface area contributed by atoms with E-state index < -0.39 is 13.3 Å². The topological polar surface area (TPSA) is 25.8 Å². The van der Waals surface area contributed by atoms with E-state index in [-0.39, 0.29) is 25.9 Å². The molecule has 0 atom stereocenters. The summed E-state index contributed by atoms with van der Waals surface area (Å²) in [6.07, 6.45) is 3.83. The summed E-state index contributed by atoms with van der Waals surface area (Å²) in [5.74, 6) is 6.94. The Bertz CT molecular complexity index is 1970. The largest absolute Gasteiger partial charge is 0 e. The van der Waals surface area contributed by atoms with Crippen LogP contribution >= 0.6 is 11.3 Å². The molecule has 7 aromatic rings. The first-order valence-electron chi connectivity index (χ1n) is 13.9. The van der Waals surface area contributed by atoms with Gasteiger partial charge in [0.15, 0.2) is 0 Å². The predicted octanol–water partition coefficient (Wildman–Crippen LogP) is 9.81. The van der Waals surface area contributed by atoms with Crippen molar-refractivity contribution in [2.45, 2.75) is 17.3 Å². The van der Waals surface area contributed by atoms with Crippen molar-refractivity contribution in [3.63, 3.8) is 0 Å². The van der Waals surface area contributed by atoms with E-state index in [0.717, 1.165) is 37.5 Å². The Morgan fingerprint density at radius 2 is 1.49 bits per heavy atom. The number of hydrogen-bond acceptors (Lipinski definition) is 3. The second kappa shape index (κ2) is 13.4. The van der Waals surface area contributed by atoms with Crippen molar-refractivity contribution in [1.29, 1.82) is 0 Å². The van der Waals surface area contributed by atoms with E-state index in [2.05, 4.69) is 75.8 Å². The standard InChI is InChI=1S/C23H13FNS.C14H16GeN.Ir/c24-20-6-2-1-5-17(20)15-8-10-18-19-11-9-16(21-7-3-4-12-25-21)14-23(19)26-22(18)13-15;1-15(2,3)13-9-10-14(16-11-13)12-7-5-4-6-8-12;/h1-13H;4-7,9-11H,1-3H3;/q2*-1;. The van der Waals surface area contributed by atoms with Gasteiger partial charge in [0, 0.05) is 36.6 Å². The number of nitrogens with zero attached hydrogens (tertiary/aromatic N) is 2. The third kappa shape index (κ3) is 7.03. The van der Waals surface area contributed by atoms with Gasteiger partial charge in [-0.1, -0.05) is 47.9 Å². The number of benzene rings is 4. The molecule has 3 aromatic heterocycles. The molecule has 4 aromatic carbocycles. The molecular formula is C37H29FGeIrN2S-2. The Labute approximate surface area is 272 Å². The van der Waals surface area contributed by atoms with Gasteiger partial charge in [0.05, 0.1) is 0 Å². The summed E-state index contributed by atoms with van der Waals surface area (Å²) in [7, 11) is 0. The number of pyridine rings is 2. The third-order valence-electron chi connectivity index (χ3n) is 7.13. The Hall–Kier alpha value is -3.48. The zero-order chi connectivity index (χ0) is 29.1. The van der Waals surface area contributed by atoms with Crippen molar-refractivity contribution in [3.8, 4) is 33.6 Å². The van der Waals surface area contributed by atoms with Crippen LogP contribution in [0.4, 0.5) is 4.39 Å². The monoisotopic (exact) mass is 819 g/mol. The first-order chi connectivity index (χ1) is 20.4. The van der Waals surface area contributed by atoms with E-state index in [9.17, 15) is 4.39 Å². The number of halogens is 1. The van der Waals surface area contributed by atoms with Gasteiger partial charge in [-0.3, -0.25) is 0 Å². The van der Waals surface area contributed by atoms with Gasteiger partial charge in [-0.2, -0.15) is 11.3 Å². The molecule has 6 heteroatoms.